The number of rotatable bonds is 9. The van der Waals surface area contributed by atoms with Crippen molar-refractivity contribution >= 4 is 5.70 Å². The van der Waals surface area contributed by atoms with Crippen LogP contribution in [0.3, 0.4) is 0 Å². The van der Waals surface area contributed by atoms with Crippen molar-refractivity contribution in [2.45, 2.75) is 19.9 Å². The van der Waals surface area contributed by atoms with Gasteiger partial charge in [0.05, 0.1) is 13.2 Å². The quantitative estimate of drug-likeness (QED) is 0.536. The van der Waals surface area contributed by atoms with Gasteiger partial charge in [-0.25, -0.2) is 0 Å². The molecule has 0 fully saturated rings. The molecule has 136 valence electrons. The predicted molar refractivity (Wildman–Crippen MR) is 110 cm³/mol. The van der Waals surface area contributed by atoms with Gasteiger partial charge in [-0.2, -0.15) is 0 Å². The molecule has 0 saturated heterocycles. The van der Waals surface area contributed by atoms with Crippen LogP contribution in [-0.2, 0) is 4.74 Å². The molecule has 2 N–H and O–H groups in total. The Balaban J connectivity index is 1.82. The average molecular weight is 348 g/mol. The third kappa shape index (κ3) is 7.57. The summed E-state index contributed by atoms with van der Waals surface area (Å²) in [7, 11) is 0. The Hall–Kier alpha value is -2.54. The molecule has 0 spiro atoms. The molecule has 2 aromatic rings. The SMILES string of the molecule is CCOC/C=C(/NCC(C)NCC#Cc1ccccc1)c1ccccc1. The Kier molecular flexibility index (Phi) is 9.07. The van der Waals surface area contributed by atoms with Gasteiger partial charge in [-0.3, -0.25) is 0 Å². The largest absolute Gasteiger partial charge is 0.383 e. The molecule has 0 saturated carbocycles. The van der Waals surface area contributed by atoms with Crippen LogP contribution in [0.2, 0.25) is 0 Å². The highest BCUT2D eigenvalue weighted by molar-refractivity contribution is 5.63. The van der Waals surface area contributed by atoms with E-state index in [0.29, 0.717) is 19.2 Å². The van der Waals surface area contributed by atoms with Crippen LogP contribution in [0, 0.1) is 11.8 Å². The molecule has 0 amide bonds. The van der Waals surface area contributed by atoms with E-state index in [1.807, 2.05) is 55.5 Å². The summed E-state index contributed by atoms with van der Waals surface area (Å²) >= 11 is 0. The monoisotopic (exact) mass is 348 g/mol. The number of hydrogen-bond donors (Lipinski definition) is 2. The molecular formula is C23H28N2O. The van der Waals surface area contributed by atoms with E-state index in [1.165, 1.54) is 5.56 Å². The van der Waals surface area contributed by atoms with Crippen LogP contribution in [0.5, 0.6) is 0 Å². The number of benzene rings is 2. The number of ether oxygens (including phenoxy) is 1. The van der Waals surface area contributed by atoms with Crippen molar-refractivity contribution in [1.82, 2.24) is 10.6 Å². The maximum Gasteiger partial charge on any atom is 0.0670 e. The highest BCUT2D eigenvalue weighted by Crippen LogP contribution is 2.10. The molecule has 1 unspecified atom stereocenters. The van der Waals surface area contributed by atoms with Crippen molar-refractivity contribution in [2.75, 3.05) is 26.3 Å². The van der Waals surface area contributed by atoms with Crippen LogP contribution in [0.4, 0.5) is 0 Å². The molecule has 2 aromatic carbocycles. The molecule has 3 nitrogen and oxygen atoms in total. The molecule has 0 aliphatic carbocycles. The van der Waals surface area contributed by atoms with Gasteiger partial charge in [0.25, 0.3) is 0 Å². The van der Waals surface area contributed by atoms with E-state index in [1.54, 1.807) is 0 Å². The zero-order valence-corrected chi connectivity index (χ0v) is 15.7. The van der Waals surface area contributed by atoms with E-state index in [9.17, 15) is 0 Å². The van der Waals surface area contributed by atoms with Crippen molar-refractivity contribution in [1.29, 1.82) is 0 Å². The van der Waals surface area contributed by atoms with Crippen molar-refractivity contribution in [3.05, 3.63) is 77.9 Å². The molecule has 0 bridgehead atoms. The standard InChI is InChI=1S/C23H28N2O/c1-3-26-18-16-23(22-14-8-5-9-15-22)25-19-20(2)24-17-10-13-21-11-6-4-7-12-21/h4-9,11-12,14-16,20,24-25H,3,17-19H2,1-2H3/b23-16+. The van der Waals surface area contributed by atoms with E-state index in [4.69, 9.17) is 4.74 Å². The molecule has 1 atom stereocenters. The zero-order valence-electron chi connectivity index (χ0n) is 15.7. The van der Waals surface area contributed by atoms with Gasteiger partial charge >= 0.3 is 0 Å². The molecule has 26 heavy (non-hydrogen) atoms. The van der Waals surface area contributed by atoms with Crippen LogP contribution in [-0.4, -0.2) is 32.3 Å². The fourth-order valence-electron chi connectivity index (χ4n) is 2.40. The van der Waals surface area contributed by atoms with Crippen LogP contribution < -0.4 is 10.6 Å². The Labute approximate surface area is 157 Å². The van der Waals surface area contributed by atoms with Gasteiger partial charge in [-0.15, -0.1) is 0 Å². The normalized spacial score (nSPS) is 12.2. The lowest BCUT2D eigenvalue weighted by Crippen LogP contribution is -2.36. The second-order valence-corrected chi connectivity index (χ2v) is 5.97. The van der Waals surface area contributed by atoms with E-state index >= 15 is 0 Å². The molecule has 0 aliphatic heterocycles. The third-order valence-corrected chi connectivity index (χ3v) is 3.84. The predicted octanol–water partition coefficient (Wildman–Crippen LogP) is 3.68. The fraction of sp³-hybridized carbons (Fsp3) is 0.304. The molecule has 2 rings (SSSR count). The molecular weight excluding hydrogens is 320 g/mol. The zero-order chi connectivity index (χ0) is 18.5. The van der Waals surface area contributed by atoms with E-state index in [2.05, 4.69) is 47.6 Å². The van der Waals surface area contributed by atoms with Crippen LogP contribution >= 0.6 is 0 Å². The molecule has 0 aliphatic rings. The van der Waals surface area contributed by atoms with E-state index in [-0.39, 0.29) is 0 Å². The van der Waals surface area contributed by atoms with E-state index in [0.717, 1.165) is 24.4 Å². The summed E-state index contributed by atoms with van der Waals surface area (Å²) in [5.74, 6) is 6.33. The van der Waals surface area contributed by atoms with Gasteiger partial charge in [0.1, 0.15) is 0 Å². The lowest BCUT2D eigenvalue weighted by molar-refractivity contribution is 0.177. The first-order valence-electron chi connectivity index (χ1n) is 9.14. The van der Waals surface area contributed by atoms with Gasteiger partial charge < -0.3 is 15.4 Å². The van der Waals surface area contributed by atoms with Gasteiger partial charge in [0, 0.05) is 30.5 Å². The van der Waals surface area contributed by atoms with E-state index < -0.39 is 0 Å². The second-order valence-electron chi connectivity index (χ2n) is 5.97. The summed E-state index contributed by atoms with van der Waals surface area (Å²) in [4.78, 5) is 0. The van der Waals surface area contributed by atoms with Crippen LogP contribution in [0.25, 0.3) is 5.70 Å². The summed E-state index contributed by atoms with van der Waals surface area (Å²) in [6, 6.07) is 20.7. The minimum atomic E-state index is 0.305. The average Bonchev–Trinajstić information content (AvgIpc) is 2.69. The number of nitrogens with one attached hydrogen (secondary N) is 2. The smallest absolute Gasteiger partial charge is 0.0670 e. The van der Waals surface area contributed by atoms with Crippen LogP contribution in [0.15, 0.2) is 66.7 Å². The van der Waals surface area contributed by atoms with Crippen molar-refractivity contribution < 1.29 is 4.74 Å². The summed E-state index contributed by atoms with van der Waals surface area (Å²) in [6.07, 6.45) is 2.10. The summed E-state index contributed by atoms with van der Waals surface area (Å²) in [6.45, 7) is 6.98. The Bertz CT molecular complexity index is 714. The van der Waals surface area contributed by atoms with Crippen molar-refractivity contribution in [2.24, 2.45) is 0 Å². The summed E-state index contributed by atoms with van der Waals surface area (Å²) in [5, 5.41) is 6.96. The highest BCUT2D eigenvalue weighted by Gasteiger charge is 2.04. The van der Waals surface area contributed by atoms with Crippen molar-refractivity contribution in [3.63, 3.8) is 0 Å². The Morgan fingerprint density at radius 1 is 1.08 bits per heavy atom. The topological polar surface area (TPSA) is 33.3 Å². The molecule has 0 heterocycles. The summed E-state index contributed by atoms with van der Waals surface area (Å²) < 4.78 is 5.46. The van der Waals surface area contributed by atoms with Crippen LogP contribution in [0.1, 0.15) is 25.0 Å². The van der Waals surface area contributed by atoms with Gasteiger partial charge in [-0.1, -0.05) is 60.4 Å². The fourth-order valence-corrected chi connectivity index (χ4v) is 2.40. The minimum absolute atomic E-state index is 0.305. The first kappa shape index (κ1) is 19.8. The van der Waals surface area contributed by atoms with Gasteiger partial charge in [0.2, 0.25) is 0 Å². The van der Waals surface area contributed by atoms with Gasteiger partial charge in [0.15, 0.2) is 0 Å². The van der Waals surface area contributed by atoms with Crippen molar-refractivity contribution in [3.8, 4) is 11.8 Å². The maximum atomic E-state index is 5.46. The summed E-state index contributed by atoms with van der Waals surface area (Å²) in [5.41, 5.74) is 3.32. The van der Waals surface area contributed by atoms with Gasteiger partial charge in [-0.05, 0) is 37.6 Å². The molecule has 0 radical (unpaired) electrons. The lowest BCUT2D eigenvalue weighted by atomic mass is 10.1. The Morgan fingerprint density at radius 3 is 2.46 bits per heavy atom. The first-order valence-corrected chi connectivity index (χ1v) is 9.14. The second kappa shape index (κ2) is 11.9. The Morgan fingerprint density at radius 2 is 1.77 bits per heavy atom. The third-order valence-electron chi connectivity index (χ3n) is 3.84. The minimum Gasteiger partial charge on any atom is -0.383 e. The number of hydrogen-bond acceptors (Lipinski definition) is 3. The molecule has 0 aromatic heterocycles. The lowest BCUT2D eigenvalue weighted by Gasteiger charge is -2.17. The molecule has 3 heteroatoms. The maximum absolute atomic E-state index is 5.46. The first-order chi connectivity index (χ1) is 12.8. The highest BCUT2D eigenvalue weighted by atomic mass is 16.5.